The zero-order valence-corrected chi connectivity index (χ0v) is 11.0. The zero-order chi connectivity index (χ0) is 13.0. The van der Waals surface area contributed by atoms with Crippen LogP contribution in [0.15, 0.2) is 29.2 Å². The minimum Gasteiger partial charge on any atom is -0.309 e. The van der Waals surface area contributed by atoms with Crippen LogP contribution in [0.2, 0.25) is 0 Å². The lowest BCUT2D eigenvalue weighted by atomic mass is 10.1. The summed E-state index contributed by atoms with van der Waals surface area (Å²) < 4.78 is 23.9. The second-order valence-corrected chi connectivity index (χ2v) is 6.49. The SMILES string of the molecule is C#CCCCCNC1CS(=O)(=O)c2ccccc21. The molecule has 1 N–H and O–H groups in total. The van der Waals surface area contributed by atoms with Crippen molar-refractivity contribution < 1.29 is 8.42 Å². The molecule has 3 nitrogen and oxygen atoms in total. The van der Waals surface area contributed by atoms with Gasteiger partial charge in [-0.15, -0.1) is 12.3 Å². The lowest BCUT2D eigenvalue weighted by Crippen LogP contribution is -2.23. The van der Waals surface area contributed by atoms with Crippen LogP contribution in [0.3, 0.4) is 0 Å². The van der Waals surface area contributed by atoms with E-state index in [9.17, 15) is 8.42 Å². The molecule has 96 valence electrons. The van der Waals surface area contributed by atoms with Gasteiger partial charge in [-0.3, -0.25) is 0 Å². The summed E-state index contributed by atoms with van der Waals surface area (Å²) in [7, 11) is -3.10. The number of sulfone groups is 1. The minimum absolute atomic E-state index is 0.0722. The van der Waals surface area contributed by atoms with Crippen LogP contribution in [0, 0.1) is 12.3 Å². The fraction of sp³-hybridized carbons (Fsp3) is 0.429. The molecule has 2 rings (SSSR count). The van der Waals surface area contributed by atoms with E-state index in [0.29, 0.717) is 4.90 Å². The number of fused-ring (bicyclic) bond motifs is 1. The molecule has 4 heteroatoms. The van der Waals surface area contributed by atoms with E-state index in [1.165, 1.54) is 0 Å². The van der Waals surface area contributed by atoms with Crippen LogP contribution >= 0.6 is 0 Å². The van der Waals surface area contributed by atoms with E-state index in [2.05, 4.69) is 11.2 Å². The van der Waals surface area contributed by atoms with Crippen molar-refractivity contribution in [3.05, 3.63) is 29.8 Å². The van der Waals surface area contributed by atoms with Gasteiger partial charge < -0.3 is 5.32 Å². The maximum Gasteiger partial charge on any atom is 0.180 e. The van der Waals surface area contributed by atoms with Gasteiger partial charge in [0.1, 0.15) is 0 Å². The molecule has 0 fully saturated rings. The largest absolute Gasteiger partial charge is 0.309 e. The van der Waals surface area contributed by atoms with Crippen molar-refractivity contribution in [3.8, 4) is 12.3 Å². The summed E-state index contributed by atoms with van der Waals surface area (Å²) in [4.78, 5) is 0.478. The molecule has 0 aromatic heterocycles. The zero-order valence-electron chi connectivity index (χ0n) is 10.2. The maximum atomic E-state index is 11.9. The van der Waals surface area contributed by atoms with Crippen molar-refractivity contribution in [2.24, 2.45) is 0 Å². The van der Waals surface area contributed by atoms with Crippen molar-refractivity contribution >= 4 is 9.84 Å². The van der Waals surface area contributed by atoms with Gasteiger partial charge in [-0.05, 0) is 31.0 Å². The lowest BCUT2D eigenvalue weighted by Gasteiger charge is -2.11. The van der Waals surface area contributed by atoms with Crippen molar-refractivity contribution in [2.75, 3.05) is 12.3 Å². The molecular formula is C14H17NO2S. The smallest absolute Gasteiger partial charge is 0.180 e. The molecule has 1 aromatic rings. The highest BCUT2D eigenvalue weighted by Gasteiger charge is 2.33. The van der Waals surface area contributed by atoms with Crippen molar-refractivity contribution in [1.82, 2.24) is 5.32 Å². The Morgan fingerprint density at radius 1 is 1.33 bits per heavy atom. The van der Waals surface area contributed by atoms with Crippen LogP contribution in [0.1, 0.15) is 30.9 Å². The third kappa shape index (κ3) is 2.74. The minimum atomic E-state index is -3.10. The fourth-order valence-electron chi connectivity index (χ4n) is 2.25. The van der Waals surface area contributed by atoms with Crippen molar-refractivity contribution in [2.45, 2.75) is 30.2 Å². The van der Waals surface area contributed by atoms with E-state index in [1.807, 2.05) is 12.1 Å². The van der Waals surface area contributed by atoms with Gasteiger partial charge in [0.05, 0.1) is 10.6 Å². The van der Waals surface area contributed by atoms with Crippen LogP contribution in [0.25, 0.3) is 0 Å². The Morgan fingerprint density at radius 2 is 2.11 bits per heavy atom. The fourth-order valence-corrected chi connectivity index (χ4v) is 4.02. The summed E-state index contributed by atoms with van der Waals surface area (Å²) in [6.07, 6.45) is 7.91. The number of hydrogen-bond donors (Lipinski definition) is 1. The molecule has 0 bridgehead atoms. The molecule has 0 amide bonds. The Bertz CT molecular complexity index is 557. The quantitative estimate of drug-likeness (QED) is 0.652. The Labute approximate surface area is 109 Å². The molecule has 0 spiro atoms. The first-order valence-corrected chi connectivity index (χ1v) is 7.79. The summed E-state index contributed by atoms with van der Waals surface area (Å²) in [6.45, 7) is 0.802. The molecule has 18 heavy (non-hydrogen) atoms. The number of hydrogen-bond acceptors (Lipinski definition) is 3. The predicted molar refractivity (Wildman–Crippen MR) is 71.9 cm³/mol. The van der Waals surface area contributed by atoms with Gasteiger partial charge in [-0.1, -0.05) is 18.2 Å². The van der Waals surface area contributed by atoms with Gasteiger partial charge >= 0.3 is 0 Å². The maximum absolute atomic E-state index is 11.9. The summed E-state index contributed by atoms with van der Waals surface area (Å²) in [6, 6.07) is 7.15. The van der Waals surface area contributed by atoms with Gasteiger partial charge in [0.15, 0.2) is 9.84 Å². The summed E-state index contributed by atoms with van der Waals surface area (Å²) in [5, 5.41) is 3.30. The van der Waals surface area contributed by atoms with E-state index in [1.54, 1.807) is 12.1 Å². The molecular weight excluding hydrogens is 246 g/mol. The Morgan fingerprint density at radius 3 is 2.89 bits per heavy atom. The van der Waals surface area contributed by atoms with Gasteiger partial charge in [0.2, 0.25) is 0 Å². The molecule has 0 saturated heterocycles. The monoisotopic (exact) mass is 263 g/mol. The van der Waals surface area contributed by atoms with Gasteiger partial charge in [-0.2, -0.15) is 0 Å². The first-order chi connectivity index (χ1) is 8.65. The van der Waals surface area contributed by atoms with Crippen LogP contribution in [0.4, 0.5) is 0 Å². The van der Waals surface area contributed by atoms with Crippen LogP contribution in [-0.2, 0) is 9.84 Å². The first-order valence-electron chi connectivity index (χ1n) is 6.13. The Balaban J connectivity index is 1.99. The van der Waals surface area contributed by atoms with E-state index in [0.717, 1.165) is 31.4 Å². The number of unbranched alkanes of at least 4 members (excludes halogenated alkanes) is 2. The van der Waals surface area contributed by atoms with E-state index in [4.69, 9.17) is 6.42 Å². The van der Waals surface area contributed by atoms with Crippen molar-refractivity contribution in [3.63, 3.8) is 0 Å². The van der Waals surface area contributed by atoms with Crippen molar-refractivity contribution in [1.29, 1.82) is 0 Å². The van der Waals surface area contributed by atoms with E-state index < -0.39 is 9.84 Å². The second kappa shape index (κ2) is 5.55. The van der Waals surface area contributed by atoms with Gasteiger partial charge in [0, 0.05) is 12.5 Å². The molecule has 1 aliphatic heterocycles. The number of terminal acetylenes is 1. The Kier molecular flexibility index (Phi) is 4.05. The molecule has 1 aromatic carbocycles. The normalized spacial score (nSPS) is 20.3. The first kappa shape index (κ1) is 13.1. The molecule has 0 radical (unpaired) electrons. The molecule has 1 heterocycles. The molecule has 1 atom stereocenters. The second-order valence-electron chi connectivity index (χ2n) is 4.49. The topological polar surface area (TPSA) is 46.2 Å². The summed E-state index contributed by atoms with van der Waals surface area (Å²) in [5.41, 5.74) is 0.898. The van der Waals surface area contributed by atoms with Crippen LogP contribution < -0.4 is 5.32 Å². The van der Waals surface area contributed by atoms with Gasteiger partial charge in [-0.25, -0.2) is 8.42 Å². The number of rotatable bonds is 5. The highest BCUT2D eigenvalue weighted by molar-refractivity contribution is 7.91. The third-order valence-corrected chi connectivity index (χ3v) is 4.97. The predicted octanol–water partition coefficient (Wildman–Crippen LogP) is 1.91. The molecule has 0 aliphatic carbocycles. The number of nitrogens with one attached hydrogen (secondary N) is 1. The van der Waals surface area contributed by atoms with Gasteiger partial charge in [0.25, 0.3) is 0 Å². The average Bonchev–Trinajstić information content (AvgIpc) is 2.62. The number of benzene rings is 1. The van der Waals surface area contributed by atoms with E-state index >= 15 is 0 Å². The highest BCUT2D eigenvalue weighted by Crippen LogP contribution is 2.32. The lowest BCUT2D eigenvalue weighted by molar-refractivity contribution is 0.547. The molecule has 1 unspecified atom stereocenters. The summed E-state index contributed by atoms with van der Waals surface area (Å²) in [5.74, 6) is 2.77. The standard InChI is InChI=1S/C14H17NO2S/c1-2-3-4-7-10-15-13-11-18(16,17)14-9-6-5-8-12(13)14/h1,5-6,8-9,13,15H,3-4,7,10-11H2. The molecule has 1 aliphatic rings. The van der Waals surface area contributed by atoms with Crippen LogP contribution in [0.5, 0.6) is 0 Å². The third-order valence-electron chi connectivity index (χ3n) is 3.15. The Hall–Kier alpha value is -1.31. The summed E-state index contributed by atoms with van der Waals surface area (Å²) >= 11 is 0. The van der Waals surface area contributed by atoms with E-state index in [-0.39, 0.29) is 11.8 Å². The average molecular weight is 263 g/mol. The highest BCUT2D eigenvalue weighted by atomic mass is 32.2. The molecule has 0 saturated carbocycles. The van der Waals surface area contributed by atoms with Crippen LogP contribution in [-0.4, -0.2) is 20.7 Å².